The van der Waals surface area contributed by atoms with Crippen molar-refractivity contribution in [1.29, 1.82) is 0 Å². The van der Waals surface area contributed by atoms with Gasteiger partial charge in [-0.05, 0) is 46.7 Å². The second-order valence-corrected chi connectivity index (χ2v) is 5.25. The fourth-order valence-electron chi connectivity index (χ4n) is 1.70. The Morgan fingerprint density at radius 3 is 2.64 bits per heavy atom. The van der Waals surface area contributed by atoms with Crippen molar-refractivity contribution in [2.75, 3.05) is 18.9 Å². The van der Waals surface area contributed by atoms with Crippen LogP contribution < -0.4 is 16.0 Å². The van der Waals surface area contributed by atoms with Crippen LogP contribution in [-0.2, 0) is 11.3 Å². The van der Waals surface area contributed by atoms with E-state index in [4.69, 9.17) is 0 Å². The van der Waals surface area contributed by atoms with E-state index in [0.717, 1.165) is 5.56 Å². The van der Waals surface area contributed by atoms with Crippen molar-refractivity contribution < 1.29 is 9.18 Å². The minimum atomic E-state index is -0.339. The van der Waals surface area contributed by atoms with Crippen molar-refractivity contribution in [2.24, 2.45) is 4.99 Å². The van der Waals surface area contributed by atoms with Gasteiger partial charge in [0.1, 0.15) is 5.82 Å². The Morgan fingerprint density at radius 1 is 1.23 bits per heavy atom. The standard InChI is InChI=1S/C15H17FN4OS/c1-17-15(18-8-11-6-7-22-10-11)19-9-14(21)20-13-4-2-12(16)3-5-13/h2-7,10H,8-9H2,1H3,(H,20,21)(H2,17,18,19). The number of rotatable bonds is 5. The molecule has 2 rings (SSSR count). The fourth-order valence-corrected chi connectivity index (χ4v) is 2.37. The number of halogens is 1. The zero-order valence-electron chi connectivity index (χ0n) is 12.1. The summed E-state index contributed by atoms with van der Waals surface area (Å²) in [4.78, 5) is 15.8. The molecule has 1 aromatic heterocycles. The summed E-state index contributed by atoms with van der Waals surface area (Å²) in [5, 5.41) is 12.7. The zero-order chi connectivity index (χ0) is 15.8. The summed E-state index contributed by atoms with van der Waals surface area (Å²) in [6.45, 7) is 0.712. The van der Waals surface area contributed by atoms with E-state index in [2.05, 4.69) is 20.9 Å². The molecule has 116 valence electrons. The molecule has 0 saturated carbocycles. The lowest BCUT2D eigenvalue weighted by atomic mass is 10.3. The summed E-state index contributed by atoms with van der Waals surface area (Å²) < 4.78 is 12.8. The van der Waals surface area contributed by atoms with Crippen molar-refractivity contribution in [3.05, 3.63) is 52.5 Å². The van der Waals surface area contributed by atoms with E-state index in [1.807, 2.05) is 16.8 Å². The van der Waals surface area contributed by atoms with Crippen LogP contribution >= 0.6 is 11.3 Å². The van der Waals surface area contributed by atoms with Crippen molar-refractivity contribution in [3.63, 3.8) is 0 Å². The van der Waals surface area contributed by atoms with E-state index in [9.17, 15) is 9.18 Å². The lowest BCUT2D eigenvalue weighted by molar-refractivity contribution is -0.115. The Bertz CT molecular complexity index is 626. The largest absolute Gasteiger partial charge is 0.352 e. The summed E-state index contributed by atoms with van der Waals surface area (Å²) in [5.41, 5.74) is 1.71. The highest BCUT2D eigenvalue weighted by atomic mass is 32.1. The maximum absolute atomic E-state index is 12.8. The number of amides is 1. The molecule has 3 N–H and O–H groups in total. The first-order valence-corrected chi connectivity index (χ1v) is 7.62. The van der Waals surface area contributed by atoms with Crippen molar-refractivity contribution >= 4 is 28.9 Å². The third-order valence-electron chi connectivity index (χ3n) is 2.81. The lowest BCUT2D eigenvalue weighted by Gasteiger charge is -2.11. The molecule has 0 unspecified atom stereocenters. The van der Waals surface area contributed by atoms with E-state index >= 15 is 0 Å². The van der Waals surface area contributed by atoms with Gasteiger partial charge in [0, 0.05) is 19.3 Å². The summed E-state index contributed by atoms with van der Waals surface area (Å²) in [6, 6.07) is 7.63. The molecule has 7 heteroatoms. The number of nitrogens with zero attached hydrogens (tertiary/aromatic N) is 1. The molecule has 1 aromatic carbocycles. The monoisotopic (exact) mass is 320 g/mol. The summed E-state index contributed by atoms with van der Waals surface area (Å²) in [6.07, 6.45) is 0. The van der Waals surface area contributed by atoms with Gasteiger partial charge in [-0.2, -0.15) is 11.3 Å². The lowest BCUT2D eigenvalue weighted by Crippen LogP contribution is -2.41. The highest BCUT2D eigenvalue weighted by molar-refractivity contribution is 7.07. The minimum absolute atomic E-state index is 0.0701. The molecule has 5 nitrogen and oxygen atoms in total. The number of hydrogen-bond acceptors (Lipinski definition) is 3. The molecule has 0 bridgehead atoms. The van der Waals surface area contributed by atoms with Gasteiger partial charge in [0.2, 0.25) is 5.91 Å². The van der Waals surface area contributed by atoms with Crippen LogP contribution in [0.15, 0.2) is 46.1 Å². The molecule has 0 spiro atoms. The van der Waals surface area contributed by atoms with E-state index in [1.54, 1.807) is 18.4 Å². The first kappa shape index (κ1) is 16.0. The molecule has 0 atom stereocenters. The molecule has 0 aliphatic heterocycles. The number of nitrogens with one attached hydrogen (secondary N) is 3. The smallest absolute Gasteiger partial charge is 0.243 e. The first-order valence-electron chi connectivity index (χ1n) is 6.68. The summed E-state index contributed by atoms with van der Waals surface area (Å²) >= 11 is 1.63. The normalized spacial score (nSPS) is 11.1. The maximum atomic E-state index is 12.8. The number of hydrogen-bond donors (Lipinski definition) is 3. The van der Waals surface area contributed by atoms with Crippen LogP contribution in [0.5, 0.6) is 0 Å². The molecule has 1 amide bonds. The van der Waals surface area contributed by atoms with Crippen LogP contribution in [0.1, 0.15) is 5.56 Å². The van der Waals surface area contributed by atoms with Gasteiger partial charge in [-0.25, -0.2) is 4.39 Å². The average Bonchev–Trinajstić information content (AvgIpc) is 3.03. The van der Waals surface area contributed by atoms with Crippen LogP contribution in [0.3, 0.4) is 0 Å². The molecule has 22 heavy (non-hydrogen) atoms. The first-order chi connectivity index (χ1) is 10.7. The molecule has 0 saturated heterocycles. The highest BCUT2D eigenvalue weighted by Crippen LogP contribution is 2.07. The molecular weight excluding hydrogens is 303 g/mol. The zero-order valence-corrected chi connectivity index (χ0v) is 12.9. The van der Waals surface area contributed by atoms with Crippen LogP contribution in [0.4, 0.5) is 10.1 Å². The minimum Gasteiger partial charge on any atom is -0.352 e. The second-order valence-electron chi connectivity index (χ2n) is 4.47. The topological polar surface area (TPSA) is 65.5 Å². The van der Waals surface area contributed by atoms with Crippen molar-refractivity contribution in [2.45, 2.75) is 6.54 Å². The molecular formula is C15H17FN4OS. The number of thiophene rings is 1. The molecule has 0 aliphatic rings. The Morgan fingerprint density at radius 2 is 2.00 bits per heavy atom. The molecule has 2 aromatic rings. The van der Waals surface area contributed by atoms with Gasteiger partial charge in [-0.15, -0.1) is 0 Å². The van der Waals surface area contributed by atoms with E-state index in [1.165, 1.54) is 24.3 Å². The molecule has 0 fully saturated rings. The summed E-state index contributed by atoms with van der Waals surface area (Å²) in [5.74, 6) is -0.0281. The van der Waals surface area contributed by atoms with Crippen LogP contribution in [-0.4, -0.2) is 25.5 Å². The van der Waals surface area contributed by atoms with Crippen LogP contribution in [0.2, 0.25) is 0 Å². The predicted octanol–water partition coefficient (Wildman–Crippen LogP) is 2.19. The van der Waals surface area contributed by atoms with Gasteiger partial charge in [0.05, 0.1) is 6.54 Å². The van der Waals surface area contributed by atoms with Gasteiger partial charge in [0.25, 0.3) is 0 Å². The Hall–Kier alpha value is -2.41. The van der Waals surface area contributed by atoms with Gasteiger partial charge >= 0.3 is 0 Å². The Labute approximate surface area is 132 Å². The number of benzene rings is 1. The highest BCUT2D eigenvalue weighted by Gasteiger charge is 2.04. The number of guanidine groups is 1. The number of aliphatic imine (C=N–C) groups is 1. The SMILES string of the molecule is CN=C(NCC(=O)Nc1ccc(F)cc1)NCc1ccsc1. The van der Waals surface area contributed by atoms with Crippen molar-refractivity contribution in [3.8, 4) is 0 Å². The van der Waals surface area contributed by atoms with Gasteiger partial charge in [-0.3, -0.25) is 9.79 Å². The number of anilines is 1. The maximum Gasteiger partial charge on any atom is 0.243 e. The van der Waals surface area contributed by atoms with E-state index in [0.29, 0.717) is 18.2 Å². The van der Waals surface area contributed by atoms with E-state index in [-0.39, 0.29) is 18.3 Å². The Balaban J connectivity index is 1.75. The average molecular weight is 320 g/mol. The van der Waals surface area contributed by atoms with Crippen LogP contribution in [0.25, 0.3) is 0 Å². The summed E-state index contributed by atoms with van der Waals surface area (Å²) in [7, 11) is 1.64. The molecule has 1 heterocycles. The third-order valence-corrected chi connectivity index (χ3v) is 3.54. The van der Waals surface area contributed by atoms with Gasteiger partial charge in [-0.1, -0.05) is 0 Å². The third kappa shape index (κ3) is 5.17. The number of carbonyl (C=O) groups excluding carboxylic acids is 1. The number of carbonyl (C=O) groups is 1. The predicted molar refractivity (Wildman–Crippen MR) is 87.6 cm³/mol. The fraction of sp³-hybridized carbons (Fsp3) is 0.200. The van der Waals surface area contributed by atoms with Gasteiger partial charge in [0.15, 0.2) is 5.96 Å². The second kappa shape index (κ2) is 8.14. The quantitative estimate of drug-likeness (QED) is 0.584. The molecule has 0 aliphatic carbocycles. The van der Waals surface area contributed by atoms with Crippen molar-refractivity contribution in [1.82, 2.24) is 10.6 Å². The van der Waals surface area contributed by atoms with E-state index < -0.39 is 0 Å². The Kier molecular flexibility index (Phi) is 5.91. The van der Waals surface area contributed by atoms with Crippen LogP contribution in [0, 0.1) is 5.82 Å². The van der Waals surface area contributed by atoms with Gasteiger partial charge < -0.3 is 16.0 Å². The molecule has 0 radical (unpaired) electrons.